The Kier molecular flexibility index (Phi) is 30.7. The third kappa shape index (κ3) is 20.1. The Labute approximate surface area is 543 Å². The van der Waals surface area contributed by atoms with Gasteiger partial charge in [-0.15, -0.1) is 0 Å². The van der Waals surface area contributed by atoms with Crippen LogP contribution in [0, 0.1) is 35.5 Å². The lowest BCUT2D eigenvalue weighted by Crippen LogP contribution is -2.63. The van der Waals surface area contributed by atoms with E-state index >= 15 is 14.4 Å². The highest BCUT2D eigenvalue weighted by Gasteiger charge is 2.74. The Morgan fingerprint density at radius 2 is 1.12 bits per heavy atom. The van der Waals surface area contributed by atoms with Crippen LogP contribution in [0.2, 0.25) is 0 Å². The second-order valence-electron chi connectivity index (χ2n) is 27.8. The summed E-state index contributed by atoms with van der Waals surface area (Å²) in [6.07, 6.45) is 2.35. The highest BCUT2D eigenvalue weighted by Crippen LogP contribution is 2.45. The fraction of sp³-hybridized carbons (Fsp3) is 0.773. The Morgan fingerprint density at radius 1 is 0.604 bits per heavy atom. The highest BCUT2D eigenvalue weighted by molar-refractivity contribution is 6.02. The molecule has 2 unspecified atom stereocenters. The first-order valence-corrected chi connectivity index (χ1v) is 32.4. The van der Waals surface area contributed by atoms with Gasteiger partial charge < -0.3 is 65.2 Å². The number of amides is 11. The Bertz CT molecular complexity index is 2630. The third-order valence-electron chi connectivity index (χ3n) is 18.0. The minimum absolute atomic E-state index is 0.0523. The summed E-state index contributed by atoms with van der Waals surface area (Å²) in [6, 6.07) is -13.4. The molecule has 2 fully saturated rings. The van der Waals surface area contributed by atoms with E-state index in [1.165, 1.54) is 70.8 Å². The predicted molar refractivity (Wildman–Crippen MR) is 347 cm³/mol. The number of aliphatic hydroxyl groups is 1. The fourth-order valence-electron chi connectivity index (χ4n) is 12.2. The van der Waals surface area contributed by atoms with E-state index in [1.54, 1.807) is 88.4 Å². The number of nitrogens with zero attached hydrogens (tertiary/aromatic N) is 7. The molecule has 2 rings (SSSR count). The van der Waals surface area contributed by atoms with E-state index in [4.69, 9.17) is 9.47 Å². The first-order chi connectivity index (χ1) is 42.0. The minimum Gasteiger partial charge on any atom is -0.390 e. The molecular formula is C66H116N11O14+. The topological polar surface area (TPSA) is 294 Å². The summed E-state index contributed by atoms with van der Waals surface area (Å²) >= 11 is 0. The monoisotopic (exact) mass is 1290 g/mol. The summed E-state index contributed by atoms with van der Waals surface area (Å²) in [6.45, 7) is 35.3. The molecule has 2 aliphatic rings. The summed E-state index contributed by atoms with van der Waals surface area (Å²) in [7, 11) is 9.88. The molecule has 14 atom stereocenters. The number of rotatable bonds is 18. The lowest BCUT2D eigenvalue weighted by molar-refractivity contribution is -0.723. The van der Waals surface area contributed by atoms with Gasteiger partial charge in [0.25, 0.3) is 11.8 Å². The van der Waals surface area contributed by atoms with E-state index in [0.29, 0.717) is 6.61 Å². The quantitative estimate of drug-likeness (QED) is 0.0328. The first-order valence-electron chi connectivity index (χ1n) is 32.4. The van der Waals surface area contributed by atoms with Crippen LogP contribution >= 0.6 is 0 Å². The molecule has 25 heteroatoms. The Morgan fingerprint density at radius 3 is 1.62 bits per heavy atom. The molecule has 2 aliphatic heterocycles. The molecule has 2 heterocycles. The SMILES string of the molecule is C=C1C(=O)N(C)[C@@H](CC(C)(C)OCOCC)C(=O)N[C@@H](C(C)C)C(=O)N(C)[C@@H](CC(C)C)C(=O)N[C@@H](C)C(=O)N[C@H](C)C(=O)[N+]2(C)C(C(C)C)[C@@H]2C(=O)N(C)[C@@H](CC(C)C)C(=O)N(C)[C@@H](C(C)C)C(=O)N(C)[C@@H]([C@H](O)[C@H](C)CC=CC)C(=O)N[C@@H](CC)C(=O)N1C. The molecule has 0 aromatic carbocycles. The number of quaternary nitrogens is 1. The van der Waals surface area contributed by atoms with Crippen LogP contribution in [0.1, 0.15) is 157 Å². The maximum atomic E-state index is 15.2. The smallest absolute Gasteiger partial charge is 0.336 e. The van der Waals surface area contributed by atoms with Crippen molar-refractivity contribution in [2.45, 2.75) is 235 Å². The molecule has 0 spiro atoms. The van der Waals surface area contributed by atoms with Crippen LogP contribution in [0.25, 0.3) is 0 Å². The second kappa shape index (κ2) is 34.6. The average Bonchev–Trinajstić information content (AvgIpc) is 1.55. The van der Waals surface area contributed by atoms with E-state index in [9.17, 15) is 43.5 Å². The molecule has 0 radical (unpaired) electrons. The predicted octanol–water partition coefficient (Wildman–Crippen LogP) is 3.42. The number of carbonyl (C=O) groups is 11. The van der Waals surface area contributed by atoms with Crippen molar-refractivity contribution < 1.29 is 71.8 Å². The van der Waals surface area contributed by atoms with Crippen LogP contribution < -0.4 is 21.3 Å². The van der Waals surface area contributed by atoms with Crippen molar-refractivity contribution in [2.24, 2.45) is 35.5 Å². The average molecular weight is 1290 g/mol. The van der Waals surface area contributed by atoms with Crippen molar-refractivity contribution >= 4 is 65.0 Å². The number of carbonyl (C=O) groups excluding carboxylic acids is 11. The van der Waals surface area contributed by atoms with Crippen LogP contribution in [0.4, 0.5) is 0 Å². The summed E-state index contributed by atoms with van der Waals surface area (Å²) in [5.41, 5.74) is -1.58. The number of likely N-dealkylation sites (N-methyl/N-ethyl adjacent to an activating group) is 7. The van der Waals surface area contributed by atoms with Gasteiger partial charge in [0.15, 0.2) is 6.04 Å². The summed E-state index contributed by atoms with van der Waals surface area (Å²) in [4.78, 5) is 170. The summed E-state index contributed by atoms with van der Waals surface area (Å²) in [5, 5.41) is 23.2. The molecule has 518 valence electrons. The molecular weight excluding hydrogens is 1170 g/mol. The van der Waals surface area contributed by atoms with Gasteiger partial charge in [-0.25, -0.2) is 9.28 Å². The number of allylic oxidation sites excluding steroid dienone is 2. The number of aliphatic hydroxyl groups excluding tert-OH is 1. The number of fused-ring (bicyclic) bond motifs is 1. The maximum Gasteiger partial charge on any atom is 0.336 e. The fourth-order valence-corrected chi connectivity index (χ4v) is 12.2. The van der Waals surface area contributed by atoms with Crippen molar-refractivity contribution in [2.75, 3.05) is 62.7 Å². The minimum atomic E-state index is -1.66. The zero-order chi connectivity index (χ0) is 70.4. The van der Waals surface area contributed by atoms with Gasteiger partial charge in [-0.3, -0.25) is 47.9 Å². The van der Waals surface area contributed by atoms with Crippen LogP contribution in [0.5, 0.6) is 0 Å². The zero-order valence-corrected chi connectivity index (χ0v) is 59.6. The van der Waals surface area contributed by atoms with Crippen molar-refractivity contribution in [3.05, 3.63) is 24.4 Å². The molecule has 0 aromatic heterocycles. The highest BCUT2D eigenvalue weighted by atomic mass is 16.7. The van der Waals surface area contributed by atoms with E-state index in [0.717, 1.165) is 14.7 Å². The Balaban J connectivity index is 3.06. The van der Waals surface area contributed by atoms with Gasteiger partial charge in [0, 0.05) is 61.2 Å². The van der Waals surface area contributed by atoms with E-state index in [-0.39, 0.29) is 56.7 Å². The maximum absolute atomic E-state index is 15.2. The molecule has 11 amide bonds. The summed E-state index contributed by atoms with van der Waals surface area (Å²) < 4.78 is 11.1. The standard InChI is InChI=1S/C66H115N11O14/c1-27-30-31-41(14)54(78)51-58(82)69-45(28-2)60(84)71(20)44(17)59(83)74(23)48(34-66(18,19)91-35-90-29-3)57(81)70-49(38(8)9)62(86)72(21)46(32-36(4)5)56(80)67-42(15)55(79)68-43(16)65(89)77(26)52(40(12)13)53(77)64(88)73(22)47(33-37(6)7)61(85)75(24)50(39(10)11)63(87)76(51)25/h27,30,36-43,45-54,78H,17,28-29,31-35H2,1-16,18-26H3,(H3-,67,68,69,70,79,80,81,82)/p+1/t41-,42+,43-,45+,46+,47+,48+,49+,50+,51+,52?,53-,54-,77?/m1/s1. The lowest BCUT2D eigenvalue weighted by atomic mass is 9.91. The number of hydrogen-bond acceptors (Lipinski definition) is 14. The number of ether oxygens (including phenoxy) is 2. The van der Waals surface area contributed by atoms with Crippen LogP contribution in [0.3, 0.4) is 0 Å². The largest absolute Gasteiger partial charge is 0.390 e. The van der Waals surface area contributed by atoms with Crippen LogP contribution in [-0.4, -0.2) is 245 Å². The number of nitrogens with one attached hydrogen (secondary N) is 4. The van der Waals surface area contributed by atoms with Gasteiger partial charge in [-0.05, 0) is 96.8 Å². The van der Waals surface area contributed by atoms with E-state index in [2.05, 4.69) is 27.8 Å². The van der Waals surface area contributed by atoms with Gasteiger partial charge >= 0.3 is 5.91 Å². The van der Waals surface area contributed by atoms with Gasteiger partial charge in [-0.1, -0.05) is 102 Å². The normalized spacial score (nSPS) is 28.8. The van der Waals surface area contributed by atoms with Crippen molar-refractivity contribution in [1.29, 1.82) is 0 Å². The van der Waals surface area contributed by atoms with E-state index in [1.807, 2.05) is 41.5 Å². The van der Waals surface area contributed by atoms with Gasteiger partial charge in [-0.2, -0.15) is 0 Å². The molecule has 91 heavy (non-hydrogen) atoms. The van der Waals surface area contributed by atoms with Crippen molar-refractivity contribution in [3.63, 3.8) is 0 Å². The van der Waals surface area contributed by atoms with Crippen molar-refractivity contribution in [1.82, 2.24) is 50.7 Å². The van der Waals surface area contributed by atoms with Gasteiger partial charge in [0.1, 0.15) is 66.9 Å². The van der Waals surface area contributed by atoms with Gasteiger partial charge in [0.2, 0.25) is 53.3 Å². The zero-order valence-electron chi connectivity index (χ0n) is 59.6. The van der Waals surface area contributed by atoms with Crippen LogP contribution in [0.15, 0.2) is 24.4 Å². The van der Waals surface area contributed by atoms with E-state index < -0.39 is 171 Å². The molecule has 0 bridgehead atoms. The molecule has 5 N–H and O–H groups in total. The molecule has 25 nitrogen and oxygen atoms in total. The Hall–Kier alpha value is -6.31. The summed E-state index contributed by atoms with van der Waals surface area (Å²) in [5.74, 6) is -10.3. The van der Waals surface area contributed by atoms with Crippen LogP contribution in [-0.2, 0) is 62.2 Å². The first kappa shape index (κ1) is 80.8. The molecule has 0 saturated carbocycles. The van der Waals surface area contributed by atoms with Gasteiger partial charge in [0.05, 0.1) is 18.8 Å². The number of hydrogen-bond donors (Lipinski definition) is 5. The van der Waals surface area contributed by atoms with Crippen molar-refractivity contribution in [3.8, 4) is 0 Å². The molecule has 2 saturated heterocycles. The molecule has 0 aliphatic carbocycles. The second-order valence-corrected chi connectivity index (χ2v) is 27.8. The third-order valence-corrected chi connectivity index (χ3v) is 18.0. The molecule has 0 aromatic rings. The lowest BCUT2D eigenvalue weighted by Gasteiger charge is -2.40.